The number of nitrogens with one attached hydrogen (secondary N) is 2. The molecule has 2 aromatic rings. The number of halogens is 1. The summed E-state index contributed by atoms with van der Waals surface area (Å²) < 4.78 is 18.4. The molecule has 0 atom stereocenters. The number of hydrogen-bond acceptors (Lipinski definition) is 7. The maximum atomic E-state index is 13.1. The molecule has 2 aliphatic heterocycles. The van der Waals surface area contributed by atoms with Gasteiger partial charge in [-0.05, 0) is 23.8 Å². The van der Waals surface area contributed by atoms with E-state index in [9.17, 15) is 23.9 Å². The molecule has 1 aromatic carbocycles. The number of H-pyrrole nitrogens is 1. The van der Waals surface area contributed by atoms with Crippen molar-refractivity contribution in [1.29, 1.82) is 0 Å². The van der Waals surface area contributed by atoms with Crippen LogP contribution in [-0.4, -0.2) is 102 Å². The van der Waals surface area contributed by atoms with Gasteiger partial charge in [-0.15, -0.1) is 0 Å². The zero-order valence-corrected chi connectivity index (χ0v) is 19.5. The molecule has 10 nitrogen and oxygen atoms in total. The van der Waals surface area contributed by atoms with Gasteiger partial charge in [-0.25, -0.2) is 4.39 Å². The van der Waals surface area contributed by atoms with Crippen LogP contribution in [0.4, 0.5) is 4.39 Å². The van der Waals surface area contributed by atoms with E-state index in [-0.39, 0.29) is 17.8 Å². The van der Waals surface area contributed by atoms with Crippen molar-refractivity contribution < 1.29 is 23.8 Å². The topological polar surface area (TPSA) is 118 Å². The van der Waals surface area contributed by atoms with Gasteiger partial charge in [0.25, 0.3) is 17.4 Å². The third-order valence-corrected chi connectivity index (χ3v) is 6.34. The average molecular weight is 488 g/mol. The number of pyridine rings is 1. The van der Waals surface area contributed by atoms with E-state index in [0.29, 0.717) is 31.7 Å². The monoisotopic (exact) mass is 487 g/mol. The van der Waals surface area contributed by atoms with E-state index in [4.69, 9.17) is 4.74 Å². The highest BCUT2D eigenvalue weighted by molar-refractivity contribution is 6.00. The molecule has 4 rings (SSSR count). The Morgan fingerprint density at radius 3 is 2.29 bits per heavy atom. The van der Waals surface area contributed by atoms with Crippen LogP contribution in [0.5, 0.6) is 5.75 Å². The first-order valence-corrected chi connectivity index (χ1v) is 11.7. The Bertz CT molecular complexity index is 1090. The molecule has 2 fully saturated rings. The number of morpholine rings is 1. The van der Waals surface area contributed by atoms with Crippen LogP contribution in [-0.2, 0) is 11.3 Å². The van der Waals surface area contributed by atoms with Crippen molar-refractivity contribution in [3.8, 4) is 5.75 Å². The molecule has 0 radical (unpaired) electrons. The molecular weight excluding hydrogens is 457 g/mol. The van der Waals surface area contributed by atoms with Gasteiger partial charge >= 0.3 is 0 Å². The molecule has 0 spiro atoms. The van der Waals surface area contributed by atoms with Crippen LogP contribution in [0.25, 0.3) is 0 Å². The Morgan fingerprint density at radius 2 is 1.63 bits per heavy atom. The molecule has 3 N–H and O–H groups in total. The van der Waals surface area contributed by atoms with Gasteiger partial charge in [0.15, 0.2) is 5.75 Å². The van der Waals surface area contributed by atoms with Crippen molar-refractivity contribution in [2.45, 2.75) is 6.54 Å². The van der Waals surface area contributed by atoms with Crippen LogP contribution in [0.3, 0.4) is 0 Å². The fraction of sp³-hybridized carbons (Fsp3) is 0.458. The Kier molecular flexibility index (Phi) is 8.11. The first kappa shape index (κ1) is 24.8. The van der Waals surface area contributed by atoms with Crippen molar-refractivity contribution in [3.05, 3.63) is 63.3 Å². The molecule has 11 heteroatoms. The maximum absolute atomic E-state index is 13.1. The summed E-state index contributed by atoms with van der Waals surface area (Å²) in [6.45, 7) is 7.76. The lowest BCUT2D eigenvalue weighted by Gasteiger charge is -2.36. The number of amides is 2. The largest absolute Gasteiger partial charge is 0.502 e. The molecule has 2 amide bonds. The lowest BCUT2D eigenvalue weighted by molar-refractivity contribution is 0.0293. The van der Waals surface area contributed by atoms with E-state index in [2.05, 4.69) is 20.1 Å². The second-order valence-corrected chi connectivity index (χ2v) is 8.67. The third-order valence-electron chi connectivity index (χ3n) is 6.34. The summed E-state index contributed by atoms with van der Waals surface area (Å²) in [6.07, 6.45) is 0. The summed E-state index contributed by atoms with van der Waals surface area (Å²) in [6, 6.07) is 6.77. The normalized spacial score (nSPS) is 17.3. The van der Waals surface area contributed by atoms with Crippen molar-refractivity contribution in [3.63, 3.8) is 0 Å². The summed E-state index contributed by atoms with van der Waals surface area (Å²) in [7, 11) is 0. The van der Waals surface area contributed by atoms with Crippen LogP contribution in [0.15, 0.2) is 35.1 Å². The minimum atomic E-state index is -0.910. The fourth-order valence-corrected chi connectivity index (χ4v) is 4.17. The molecule has 0 unspecified atom stereocenters. The van der Waals surface area contributed by atoms with Gasteiger partial charge in [0.05, 0.1) is 18.8 Å². The lowest BCUT2D eigenvalue weighted by atomic mass is 10.1. The third kappa shape index (κ3) is 6.44. The van der Waals surface area contributed by atoms with Gasteiger partial charge < -0.3 is 25.0 Å². The summed E-state index contributed by atoms with van der Waals surface area (Å²) in [5.74, 6) is -2.26. The number of carbonyl (C=O) groups excluding carboxylic acids is 2. The Labute approximate surface area is 202 Å². The highest BCUT2D eigenvalue weighted by Crippen LogP contribution is 2.15. The predicted molar refractivity (Wildman–Crippen MR) is 126 cm³/mol. The first-order valence-electron chi connectivity index (χ1n) is 11.7. The molecule has 0 bridgehead atoms. The summed E-state index contributed by atoms with van der Waals surface area (Å²) >= 11 is 0. The van der Waals surface area contributed by atoms with Crippen LogP contribution < -0.4 is 10.9 Å². The van der Waals surface area contributed by atoms with Crippen LogP contribution >= 0.6 is 0 Å². The Morgan fingerprint density at radius 1 is 1.00 bits per heavy atom. The quantitative estimate of drug-likeness (QED) is 0.512. The predicted octanol–water partition coefficient (Wildman–Crippen LogP) is 0.240. The highest BCUT2D eigenvalue weighted by Gasteiger charge is 2.25. The zero-order chi connectivity index (χ0) is 24.8. The van der Waals surface area contributed by atoms with Gasteiger partial charge in [-0.2, -0.15) is 0 Å². The fourth-order valence-electron chi connectivity index (χ4n) is 4.17. The number of piperazine rings is 1. The molecular formula is C24H30FN5O5. The minimum absolute atomic E-state index is 0.0542. The van der Waals surface area contributed by atoms with Crippen molar-refractivity contribution in [2.24, 2.45) is 0 Å². The number of ether oxygens (including phenoxy) is 1. The standard InChI is InChI=1S/C24H30FN5O5/c25-18-3-1-17(2-4-18)16-26-22(32)19-15-20(27-23(33)21(19)31)24(34)30-9-7-28(8-10-30)5-6-29-11-13-35-14-12-29/h1-4,15,31H,5-14,16H2,(H,26,32)(H,27,33). The van der Waals surface area contributed by atoms with Crippen molar-refractivity contribution in [2.75, 3.05) is 65.6 Å². The molecule has 0 saturated carbocycles. The van der Waals surface area contributed by atoms with Gasteiger partial charge in [-0.3, -0.25) is 24.2 Å². The molecule has 3 heterocycles. The van der Waals surface area contributed by atoms with Crippen LogP contribution in [0.1, 0.15) is 26.4 Å². The summed E-state index contributed by atoms with van der Waals surface area (Å²) in [5.41, 5.74) is -0.608. The SMILES string of the molecule is O=C(NCc1ccc(F)cc1)c1cc(C(=O)N2CCN(CCN3CCOCC3)CC2)[nH]c(=O)c1O. The molecule has 1 aromatic heterocycles. The van der Waals surface area contributed by atoms with Gasteiger partial charge in [0, 0.05) is 58.9 Å². The molecule has 188 valence electrons. The first-order chi connectivity index (χ1) is 16.9. The van der Waals surface area contributed by atoms with E-state index in [1.807, 2.05) is 0 Å². The van der Waals surface area contributed by atoms with E-state index in [1.165, 1.54) is 30.3 Å². The Hall–Kier alpha value is -3.28. The van der Waals surface area contributed by atoms with E-state index >= 15 is 0 Å². The minimum Gasteiger partial charge on any atom is -0.502 e. The van der Waals surface area contributed by atoms with Crippen molar-refractivity contribution in [1.82, 2.24) is 25.0 Å². The average Bonchev–Trinajstić information content (AvgIpc) is 2.89. The Balaban J connectivity index is 1.34. The number of aromatic nitrogens is 1. The second kappa shape index (κ2) is 11.4. The molecule has 2 aliphatic rings. The van der Waals surface area contributed by atoms with Crippen LogP contribution in [0.2, 0.25) is 0 Å². The molecule has 2 saturated heterocycles. The number of hydrogen-bond donors (Lipinski definition) is 3. The smallest absolute Gasteiger partial charge is 0.291 e. The van der Waals surface area contributed by atoms with E-state index in [1.54, 1.807) is 4.90 Å². The van der Waals surface area contributed by atoms with Crippen molar-refractivity contribution >= 4 is 11.8 Å². The van der Waals surface area contributed by atoms with Crippen LogP contribution in [0, 0.1) is 5.82 Å². The van der Waals surface area contributed by atoms with E-state index < -0.39 is 28.9 Å². The molecule has 35 heavy (non-hydrogen) atoms. The maximum Gasteiger partial charge on any atom is 0.291 e. The number of aromatic hydroxyl groups is 1. The van der Waals surface area contributed by atoms with E-state index in [0.717, 1.165) is 39.4 Å². The second-order valence-electron chi connectivity index (χ2n) is 8.67. The number of rotatable bonds is 7. The number of carbonyl (C=O) groups is 2. The number of benzene rings is 1. The number of nitrogens with zero attached hydrogens (tertiary/aromatic N) is 3. The highest BCUT2D eigenvalue weighted by atomic mass is 19.1. The van der Waals surface area contributed by atoms with Gasteiger partial charge in [0.1, 0.15) is 11.5 Å². The zero-order valence-electron chi connectivity index (χ0n) is 19.5. The van der Waals surface area contributed by atoms with Gasteiger partial charge in [0.2, 0.25) is 0 Å². The molecule has 0 aliphatic carbocycles. The summed E-state index contributed by atoms with van der Waals surface area (Å²) in [5, 5.41) is 12.7. The summed E-state index contributed by atoms with van der Waals surface area (Å²) in [4.78, 5) is 46.5. The van der Waals surface area contributed by atoms with Gasteiger partial charge in [-0.1, -0.05) is 12.1 Å². The number of aromatic amines is 1. The lowest BCUT2D eigenvalue weighted by Crippen LogP contribution is -2.51.